The summed E-state index contributed by atoms with van der Waals surface area (Å²) in [5.41, 5.74) is 2.16. The van der Waals surface area contributed by atoms with Gasteiger partial charge in [-0.1, -0.05) is 12.1 Å². The van der Waals surface area contributed by atoms with Crippen molar-refractivity contribution in [3.05, 3.63) is 30.1 Å². The van der Waals surface area contributed by atoms with Crippen LogP contribution in [-0.4, -0.2) is 28.5 Å². The van der Waals surface area contributed by atoms with Crippen molar-refractivity contribution in [2.75, 3.05) is 13.1 Å². The minimum atomic E-state index is 0.846. The van der Waals surface area contributed by atoms with Crippen LogP contribution >= 0.6 is 0 Å². The minimum Gasteiger partial charge on any atom is -0.365 e. The summed E-state index contributed by atoms with van der Waals surface area (Å²) in [4.78, 5) is 8.95. The van der Waals surface area contributed by atoms with Crippen molar-refractivity contribution in [3.8, 4) is 0 Å². The zero-order chi connectivity index (χ0) is 10.3. The van der Waals surface area contributed by atoms with E-state index in [2.05, 4.69) is 25.9 Å². The molecule has 0 amide bonds. The standard InChI is InChI=1S/C11H12N4/c1-15-9-5-3-2-4-8(9)14-11(15)10-12-6-7-13-10/h2-5H,6-7H2,1H3,(H,12,13). The Morgan fingerprint density at radius 2 is 2.20 bits per heavy atom. The van der Waals surface area contributed by atoms with Crippen molar-refractivity contribution < 1.29 is 0 Å². The quantitative estimate of drug-likeness (QED) is 0.744. The van der Waals surface area contributed by atoms with Gasteiger partial charge < -0.3 is 9.88 Å². The highest BCUT2D eigenvalue weighted by atomic mass is 15.2. The lowest BCUT2D eigenvalue weighted by atomic mass is 10.3. The molecule has 15 heavy (non-hydrogen) atoms. The number of hydrogen-bond donors (Lipinski definition) is 1. The highest BCUT2D eigenvalue weighted by Gasteiger charge is 2.15. The van der Waals surface area contributed by atoms with Crippen LogP contribution in [0.5, 0.6) is 0 Å². The van der Waals surface area contributed by atoms with Gasteiger partial charge >= 0.3 is 0 Å². The Labute approximate surface area is 87.7 Å². The maximum atomic E-state index is 4.56. The van der Waals surface area contributed by atoms with Crippen molar-refractivity contribution in [1.29, 1.82) is 0 Å². The molecule has 1 N–H and O–H groups in total. The minimum absolute atomic E-state index is 0.846. The molecule has 4 nitrogen and oxygen atoms in total. The second kappa shape index (κ2) is 3.08. The number of amidine groups is 1. The second-order valence-corrected chi connectivity index (χ2v) is 3.64. The number of benzene rings is 1. The van der Waals surface area contributed by atoms with Gasteiger partial charge in [0.2, 0.25) is 0 Å². The van der Waals surface area contributed by atoms with Crippen molar-refractivity contribution >= 4 is 16.9 Å². The lowest BCUT2D eigenvalue weighted by Gasteiger charge is -2.01. The summed E-state index contributed by atoms with van der Waals surface area (Å²) in [6.45, 7) is 1.76. The monoisotopic (exact) mass is 200 g/mol. The molecule has 1 aliphatic heterocycles. The third-order valence-corrected chi connectivity index (χ3v) is 2.67. The predicted octanol–water partition coefficient (Wildman–Crippen LogP) is 0.923. The van der Waals surface area contributed by atoms with Crippen LogP contribution in [0.2, 0.25) is 0 Å². The third-order valence-electron chi connectivity index (χ3n) is 2.67. The molecule has 4 heteroatoms. The summed E-state index contributed by atoms with van der Waals surface area (Å²) in [7, 11) is 2.02. The van der Waals surface area contributed by atoms with Gasteiger partial charge in [-0.05, 0) is 12.1 Å². The number of aromatic nitrogens is 2. The Balaban J connectivity index is 2.23. The van der Waals surface area contributed by atoms with E-state index in [0.29, 0.717) is 0 Å². The Morgan fingerprint density at radius 3 is 2.93 bits per heavy atom. The molecule has 0 unspecified atom stereocenters. The van der Waals surface area contributed by atoms with E-state index < -0.39 is 0 Å². The summed E-state index contributed by atoms with van der Waals surface area (Å²) < 4.78 is 2.08. The van der Waals surface area contributed by atoms with Crippen molar-refractivity contribution in [2.45, 2.75) is 0 Å². The van der Waals surface area contributed by atoms with Crippen LogP contribution in [0, 0.1) is 0 Å². The molecular formula is C11H12N4. The molecule has 0 radical (unpaired) electrons. The van der Waals surface area contributed by atoms with Gasteiger partial charge in [0.25, 0.3) is 0 Å². The average molecular weight is 200 g/mol. The van der Waals surface area contributed by atoms with E-state index in [1.54, 1.807) is 0 Å². The molecule has 3 rings (SSSR count). The lowest BCUT2D eigenvalue weighted by molar-refractivity contribution is 0.908. The van der Waals surface area contributed by atoms with Crippen LogP contribution in [0.1, 0.15) is 5.82 Å². The maximum absolute atomic E-state index is 4.56. The number of hydrogen-bond acceptors (Lipinski definition) is 3. The van der Waals surface area contributed by atoms with Crippen LogP contribution in [0.3, 0.4) is 0 Å². The highest BCUT2D eigenvalue weighted by molar-refractivity contribution is 5.99. The smallest absolute Gasteiger partial charge is 0.176 e. The Hall–Kier alpha value is -1.84. The van der Waals surface area contributed by atoms with E-state index in [-0.39, 0.29) is 0 Å². The fourth-order valence-corrected chi connectivity index (χ4v) is 1.91. The molecule has 1 aliphatic rings. The number of imidazole rings is 1. The molecule has 0 fully saturated rings. The lowest BCUT2D eigenvalue weighted by Crippen LogP contribution is -2.22. The van der Waals surface area contributed by atoms with Gasteiger partial charge in [0.05, 0.1) is 17.6 Å². The normalized spacial score (nSPS) is 15.4. The van der Waals surface area contributed by atoms with Gasteiger partial charge in [-0.15, -0.1) is 0 Å². The number of aliphatic imine (C=N–C) groups is 1. The first-order chi connectivity index (χ1) is 7.36. The van der Waals surface area contributed by atoms with Gasteiger partial charge in [-0.2, -0.15) is 0 Å². The number of para-hydroxylation sites is 2. The largest absolute Gasteiger partial charge is 0.365 e. The molecule has 1 aromatic carbocycles. The van der Waals surface area contributed by atoms with Gasteiger partial charge in [-0.3, -0.25) is 4.99 Å². The second-order valence-electron chi connectivity index (χ2n) is 3.64. The first kappa shape index (κ1) is 8.47. The van der Waals surface area contributed by atoms with Gasteiger partial charge in [0.15, 0.2) is 11.7 Å². The molecule has 0 bridgehead atoms. The molecular weight excluding hydrogens is 188 g/mol. The third kappa shape index (κ3) is 1.21. The zero-order valence-electron chi connectivity index (χ0n) is 8.57. The highest BCUT2D eigenvalue weighted by Crippen LogP contribution is 2.14. The van der Waals surface area contributed by atoms with Crippen LogP contribution < -0.4 is 5.32 Å². The van der Waals surface area contributed by atoms with Crippen molar-refractivity contribution in [3.63, 3.8) is 0 Å². The Morgan fingerprint density at radius 1 is 1.33 bits per heavy atom. The van der Waals surface area contributed by atoms with Crippen molar-refractivity contribution in [1.82, 2.24) is 14.9 Å². The summed E-state index contributed by atoms with van der Waals surface area (Å²) >= 11 is 0. The molecule has 0 aliphatic carbocycles. The molecule has 1 aromatic heterocycles. The van der Waals surface area contributed by atoms with Crippen LogP contribution in [0.15, 0.2) is 29.3 Å². The Kier molecular flexibility index (Phi) is 1.74. The SMILES string of the molecule is Cn1c(C2=NCCN2)nc2ccccc21. The number of nitrogens with zero attached hydrogens (tertiary/aromatic N) is 3. The molecule has 0 saturated carbocycles. The molecule has 2 aromatic rings. The summed E-state index contributed by atoms with van der Waals surface area (Å²) in [5, 5.41) is 3.24. The molecule has 0 spiro atoms. The van der Waals surface area contributed by atoms with E-state index in [1.807, 2.05) is 25.2 Å². The van der Waals surface area contributed by atoms with E-state index >= 15 is 0 Å². The number of nitrogens with one attached hydrogen (secondary N) is 1. The Bertz CT molecular complexity index is 539. The van der Waals surface area contributed by atoms with Gasteiger partial charge in [0, 0.05) is 13.6 Å². The molecule has 0 saturated heterocycles. The fraction of sp³-hybridized carbons (Fsp3) is 0.273. The van der Waals surface area contributed by atoms with E-state index in [9.17, 15) is 0 Å². The topological polar surface area (TPSA) is 42.2 Å². The van der Waals surface area contributed by atoms with E-state index in [0.717, 1.165) is 35.8 Å². The molecule has 0 atom stereocenters. The summed E-state index contributed by atoms with van der Waals surface area (Å²) in [5.74, 6) is 1.84. The number of fused-ring (bicyclic) bond motifs is 1. The number of rotatable bonds is 1. The van der Waals surface area contributed by atoms with E-state index in [1.165, 1.54) is 0 Å². The first-order valence-electron chi connectivity index (χ1n) is 5.06. The van der Waals surface area contributed by atoms with Crippen LogP contribution in [-0.2, 0) is 7.05 Å². The summed E-state index contributed by atoms with van der Waals surface area (Å²) in [6.07, 6.45) is 0. The fourth-order valence-electron chi connectivity index (χ4n) is 1.91. The molecule has 2 heterocycles. The predicted molar refractivity (Wildman–Crippen MR) is 60.1 cm³/mol. The van der Waals surface area contributed by atoms with Crippen molar-refractivity contribution in [2.24, 2.45) is 12.0 Å². The number of aryl methyl sites for hydroxylation is 1. The van der Waals surface area contributed by atoms with Gasteiger partial charge in [0.1, 0.15) is 0 Å². The van der Waals surface area contributed by atoms with Gasteiger partial charge in [-0.25, -0.2) is 4.98 Å². The maximum Gasteiger partial charge on any atom is 0.176 e. The van der Waals surface area contributed by atoms with E-state index in [4.69, 9.17) is 0 Å². The summed E-state index contributed by atoms with van der Waals surface area (Å²) in [6, 6.07) is 8.12. The zero-order valence-corrected chi connectivity index (χ0v) is 8.57. The van der Waals surface area contributed by atoms with Crippen LogP contribution in [0.25, 0.3) is 11.0 Å². The average Bonchev–Trinajstić information content (AvgIpc) is 2.87. The first-order valence-corrected chi connectivity index (χ1v) is 5.06. The molecule has 76 valence electrons. The van der Waals surface area contributed by atoms with Crippen LogP contribution in [0.4, 0.5) is 0 Å².